The zero-order valence-corrected chi connectivity index (χ0v) is 11.2. The van der Waals surface area contributed by atoms with Gasteiger partial charge in [0.15, 0.2) is 0 Å². The van der Waals surface area contributed by atoms with Crippen LogP contribution in [0.4, 0.5) is 5.69 Å². The van der Waals surface area contributed by atoms with Crippen LogP contribution in [0.1, 0.15) is 31.2 Å². The van der Waals surface area contributed by atoms with Crippen molar-refractivity contribution in [2.24, 2.45) is 0 Å². The average Bonchev–Trinajstić information content (AvgIpc) is 2.30. The van der Waals surface area contributed by atoms with Crippen LogP contribution in [-0.2, 0) is 6.42 Å². The van der Waals surface area contributed by atoms with Gasteiger partial charge in [0.05, 0.1) is 4.92 Å². The normalized spacial score (nSPS) is 10.5. The minimum Gasteiger partial charge on any atom is -0.258 e. The highest BCUT2D eigenvalue weighted by Gasteiger charge is 2.13. The smallest absolute Gasteiger partial charge is 0.258 e. The highest BCUT2D eigenvalue weighted by molar-refractivity contribution is 7.80. The summed E-state index contributed by atoms with van der Waals surface area (Å²) in [5.41, 5.74) is 0.900. The Hall–Kier alpha value is -0.740. The lowest BCUT2D eigenvalue weighted by molar-refractivity contribution is -0.385. The van der Waals surface area contributed by atoms with Crippen molar-refractivity contribution in [2.45, 2.75) is 32.1 Å². The highest BCUT2D eigenvalue weighted by atomic mass is 35.5. The molecule has 0 N–H and O–H groups in total. The van der Waals surface area contributed by atoms with E-state index in [1.807, 2.05) is 0 Å². The molecule has 0 bridgehead atoms. The summed E-state index contributed by atoms with van der Waals surface area (Å²) < 4.78 is 0. The van der Waals surface area contributed by atoms with Gasteiger partial charge >= 0.3 is 0 Å². The number of rotatable bonds is 7. The molecule has 94 valence electrons. The third kappa shape index (κ3) is 4.96. The summed E-state index contributed by atoms with van der Waals surface area (Å²) in [6.45, 7) is 0. The molecule has 0 amide bonds. The van der Waals surface area contributed by atoms with Gasteiger partial charge in [0.2, 0.25) is 0 Å². The first-order chi connectivity index (χ1) is 8.15. The van der Waals surface area contributed by atoms with Crippen LogP contribution in [0.25, 0.3) is 0 Å². The van der Waals surface area contributed by atoms with Crippen LogP contribution >= 0.6 is 24.2 Å². The van der Waals surface area contributed by atoms with Gasteiger partial charge in [0.25, 0.3) is 5.69 Å². The number of benzene rings is 1. The van der Waals surface area contributed by atoms with Crippen molar-refractivity contribution in [1.82, 2.24) is 0 Å². The van der Waals surface area contributed by atoms with E-state index in [1.165, 1.54) is 6.07 Å². The maximum absolute atomic E-state index is 10.8. The fourth-order valence-electron chi connectivity index (χ4n) is 1.70. The van der Waals surface area contributed by atoms with Crippen LogP contribution < -0.4 is 0 Å². The first kappa shape index (κ1) is 14.3. The van der Waals surface area contributed by atoms with Crippen molar-refractivity contribution in [3.05, 3.63) is 38.9 Å². The molecule has 0 aromatic heterocycles. The van der Waals surface area contributed by atoms with E-state index in [0.717, 1.165) is 43.4 Å². The van der Waals surface area contributed by atoms with Gasteiger partial charge in [-0.25, -0.2) is 0 Å². The second-order valence-corrected chi connectivity index (χ2v) is 4.80. The quantitative estimate of drug-likeness (QED) is 0.349. The Kier molecular flexibility index (Phi) is 6.37. The number of hydrogen-bond acceptors (Lipinski definition) is 3. The summed E-state index contributed by atoms with van der Waals surface area (Å²) >= 11 is 9.89. The van der Waals surface area contributed by atoms with Gasteiger partial charge in [0, 0.05) is 16.7 Å². The summed E-state index contributed by atoms with van der Waals surface area (Å²) in [5.74, 6) is 0.904. The minimum absolute atomic E-state index is 0.131. The predicted molar refractivity (Wildman–Crippen MR) is 74.1 cm³/mol. The van der Waals surface area contributed by atoms with E-state index in [4.69, 9.17) is 11.6 Å². The molecule has 17 heavy (non-hydrogen) atoms. The lowest BCUT2D eigenvalue weighted by Crippen LogP contribution is -1.96. The van der Waals surface area contributed by atoms with Crippen LogP contribution in [0, 0.1) is 10.1 Å². The Labute approximate surface area is 112 Å². The number of thiol groups is 1. The van der Waals surface area contributed by atoms with E-state index in [0.29, 0.717) is 5.02 Å². The molecule has 1 aromatic carbocycles. The van der Waals surface area contributed by atoms with Crippen LogP contribution in [0.5, 0.6) is 0 Å². The minimum atomic E-state index is -0.366. The number of halogens is 1. The summed E-state index contributed by atoms with van der Waals surface area (Å²) in [6, 6.07) is 4.88. The topological polar surface area (TPSA) is 43.1 Å². The van der Waals surface area contributed by atoms with E-state index in [-0.39, 0.29) is 10.6 Å². The Morgan fingerprint density at radius 2 is 1.94 bits per heavy atom. The number of unbranched alkanes of at least 4 members (excludes halogenated alkanes) is 3. The fraction of sp³-hybridized carbons (Fsp3) is 0.500. The van der Waals surface area contributed by atoms with E-state index in [2.05, 4.69) is 12.6 Å². The molecule has 0 saturated carbocycles. The first-order valence-corrected chi connectivity index (χ1v) is 6.70. The molecular formula is C12H16ClNO2S. The second kappa shape index (κ2) is 7.56. The standard InChI is InChI=1S/C12H16ClNO2S/c13-11-7-6-10(12(9-11)14(15)16)5-3-1-2-4-8-17/h6-7,9,17H,1-5,8H2. The van der Waals surface area contributed by atoms with E-state index in [1.54, 1.807) is 12.1 Å². The number of nitro benzene ring substituents is 1. The van der Waals surface area contributed by atoms with Crippen molar-refractivity contribution in [2.75, 3.05) is 5.75 Å². The van der Waals surface area contributed by atoms with Crippen molar-refractivity contribution >= 4 is 29.9 Å². The number of aryl methyl sites for hydroxylation is 1. The maximum atomic E-state index is 10.8. The van der Waals surface area contributed by atoms with Crippen LogP contribution in [-0.4, -0.2) is 10.7 Å². The third-order valence-electron chi connectivity index (χ3n) is 2.60. The monoisotopic (exact) mass is 273 g/mol. The maximum Gasteiger partial charge on any atom is 0.274 e. The summed E-state index contributed by atoms with van der Waals surface area (Å²) in [7, 11) is 0. The first-order valence-electron chi connectivity index (χ1n) is 5.69. The van der Waals surface area contributed by atoms with Gasteiger partial charge in [-0.3, -0.25) is 10.1 Å². The Morgan fingerprint density at radius 3 is 2.59 bits per heavy atom. The molecule has 0 fully saturated rings. The second-order valence-electron chi connectivity index (χ2n) is 3.92. The van der Waals surface area contributed by atoms with Crippen molar-refractivity contribution in [3.63, 3.8) is 0 Å². The molecule has 1 aromatic rings. The Bertz CT molecular complexity index is 385. The zero-order chi connectivity index (χ0) is 12.7. The zero-order valence-electron chi connectivity index (χ0n) is 9.56. The molecule has 3 nitrogen and oxygen atoms in total. The molecule has 0 saturated heterocycles. The van der Waals surface area contributed by atoms with E-state index in [9.17, 15) is 10.1 Å². The predicted octanol–water partition coefficient (Wildman–Crippen LogP) is 4.28. The largest absolute Gasteiger partial charge is 0.274 e. The van der Waals surface area contributed by atoms with Gasteiger partial charge in [-0.2, -0.15) is 12.6 Å². The molecule has 0 radical (unpaired) electrons. The SMILES string of the molecule is O=[N+]([O-])c1cc(Cl)ccc1CCCCCCS. The molecule has 0 heterocycles. The lowest BCUT2D eigenvalue weighted by atomic mass is 10.0. The molecule has 0 aliphatic heterocycles. The van der Waals surface area contributed by atoms with E-state index < -0.39 is 0 Å². The third-order valence-corrected chi connectivity index (χ3v) is 3.15. The van der Waals surface area contributed by atoms with Gasteiger partial charge < -0.3 is 0 Å². The van der Waals surface area contributed by atoms with E-state index >= 15 is 0 Å². The number of hydrogen-bond donors (Lipinski definition) is 1. The van der Waals surface area contributed by atoms with Crippen LogP contribution in [0.3, 0.4) is 0 Å². The summed E-state index contributed by atoms with van der Waals surface area (Å²) in [6.07, 6.45) is 5.02. The molecule has 1 rings (SSSR count). The fourth-order valence-corrected chi connectivity index (χ4v) is 2.09. The molecule has 0 spiro atoms. The molecule has 0 atom stereocenters. The Balaban J connectivity index is 2.55. The van der Waals surface area contributed by atoms with Crippen molar-refractivity contribution in [1.29, 1.82) is 0 Å². The number of nitrogens with zero attached hydrogens (tertiary/aromatic N) is 1. The molecule has 5 heteroatoms. The van der Waals surface area contributed by atoms with Crippen LogP contribution in [0.2, 0.25) is 5.02 Å². The molecule has 0 aliphatic rings. The molecule has 0 unspecified atom stereocenters. The van der Waals surface area contributed by atoms with Gasteiger partial charge in [-0.1, -0.05) is 30.5 Å². The van der Waals surface area contributed by atoms with Crippen LogP contribution in [0.15, 0.2) is 18.2 Å². The molecular weight excluding hydrogens is 258 g/mol. The average molecular weight is 274 g/mol. The van der Waals surface area contributed by atoms with Gasteiger partial charge in [-0.15, -0.1) is 0 Å². The summed E-state index contributed by atoms with van der Waals surface area (Å²) in [5, 5.41) is 11.3. The van der Waals surface area contributed by atoms with Gasteiger partial charge in [-0.05, 0) is 31.1 Å². The summed E-state index contributed by atoms with van der Waals surface area (Å²) in [4.78, 5) is 10.5. The van der Waals surface area contributed by atoms with Crippen molar-refractivity contribution < 1.29 is 4.92 Å². The lowest BCUT2D eigenvalue weighted by Gasteiger charge is -2.03. The van der Waals surface area contributed by atoms with Crippen molar-refractivity contribution in [3.8, 4) is 0 Å². The highest BCUT2D eigenvalue weighted by Crippen LogP contribution is 2.24. The van der Waals surface area contributed by atoms with Gasteiger partial charge in [0.1, 0.15) is 0 Å². The number of nitro groups is 1. The molecule has 0 aliphatic carbocycles. The Morgan fingerprint density at radius 1 is 1.24 bits per heavy atom.